The van der Waals surface area contributed by atoms with Gasteiger partial charge in [0, 0.05) is 29.8 Å². The summed E-state index contributed by atoms with van der Waals surface area (Å²) in [4.78, 5) is 25.3. The van der Waals surface area contributed by atoms with E-state index in [9.17, 15) is 13.2 Å². The van der Waals surface area contributed by atoms with Crippen LogP contribution in [0.15, 0.2) is 55.0 Å². The van der Waals surface area contributed by atoms with E-state index >= 15 is 0 Å². The molecule has 2 aromatic heterocycles. The SMILES string of the molecule is CCC(C(=O)Nc1ccc(-c2cncc(Cl)c2)cc1)c1ccnc(NS(=O)(=O)C2CC2)n1. The molecule has 1 fully saturated rings. The molecule has 2 N–H and O–H groups in total. The van der Waals surface area contributed by atoms with E-state index in [1.54, 1.807) is 30.6 Å². The first kappa shape index (κ1) is 22.2. The van der Waals surface area contributed by atoms with E-state index in [2.05, 4.69) is 25.0 Å². The van der Waals surface area contributed by atoms with Crippen molar-refractivity contribution in [1.29, 1.82) is 0 Å². The number of hydrogen-bond acceptors (Lipinski definition) is 6. The fraction of sp³-hybridized carbons (Fsp3) is 0.273. The highest BCUT2D eigenvalue weighted by molar-refractivity contribution is 7.93. The van der Waals surface area contributed by atoms with Crippen molar-refractivity contribution < 1.29 is 13.2 Å². The molecule has 32 heavy (non-hydrogen) atoms. The molecule has 0 radical (unpaired) electrons. The molecule has 2 heterocycles. The molecule has 8 nitrogen and oxygen atoms in total. The predicted octanol–water partition coefficient (Wildman–Crippen LogP) is 4.23. The van der Waals surface area contributed by atoms with E-state index in [0.717, 1.165) is 11.1 Å². The Balaban J connectivity index is 1.46. The third-order valence-electron chi connectivity index (χ3n) is 5.15. The van der Waals surface area contributed by atoms with Gasteiger partial charge in [0.05, 0.1) is 21.9 Å². The number of aromatic nitrogens is 3. The van der Waals surface area contributed by atoms with Gasteiger partial charge in [-0.1, -0.05) is 30.7 Å². The van der Waals surface area contributed by atoms with Gasteiger partial charge in [-0.25, -0.2) is 18.4 Å². The van der Waals surface area contributed by atoms with Crippen LogP contribution in [0.5, 0.6) is 0 Å². The van der Waals surface area contributed by atoms with Crippen molar-refractivity contribution in [2.24, 2.45) is 0 Å². The second-order valence-corrected chi connectivity index (χ2v) is 9.97. The summed E-state index contributed by atoms with van der Waals surface area (Å²) < 4.78 is 26.7. The third-order valence-corrected chi connectivity index (χ3v) is 7.17. The molecule has 1 aliphatic carbocycles. The first-order chi connectivity index (χ1) is 15.4. The Morgan fingerprint density at radius 2 is 1.91 bits per heavy atom. The minimum atomic E-state index is -3.48. The summed E-state index contributed by atoms with van der Waals surface area (Å²) >= 11 is 6.00. The minimum Gasteiger partial charge on any atom is -0.326 e. The summed E-state index contributed by atoms with van der Waals surface area (Å²) in [5, 5.41) is 3.06. The summed E-state index contributed by atoms with van der Waals surface area (Å²) in [6, 6.07) is 10.8. The number of hydrogen-bond donors (Lipinski definition) is 2. The lowest BCUT2D eigenvalue weighted by atomic mass is 10.0. The van der Waals surface area contributed by atoms with Crippen molar-refractivity contribution >= 4 is 39.2 Å². The number of pyridine rings is 1. The molecule has 1 atom stereocenters. The Hall–Kier alpha value is -3.04. The zero-order valence-electron chi connectivity index (χ0n) is 17.3. The second kappa shape index (κ2) is 9.22. The lowest BCUT2D eigenvalue weighted by Crippen LogP contribution is -2.23. The number of anilines is 2. The number of carbonyl (C=O) groups excluding carboxylic acids is 1. The van der Waals surface area contributed by atoms with Crippen LogP contribution < -0.4 is 10.0 Å². The first-order valence-corrected chi connectivity index (χ1v) is 12.1. The van der Waals surface area contributed by atoms with Gasteiger partial charge >= 0.3 is 0 Å². The van der Waals surface area contributed by atoms with Crippen LogP contribution >= 0.6 is 11.6 Å². The van der Waals surface area contributed by atoms with Crippen molar-refractivity contribution in [3.8, 4) is 11.1 Å². The topological polar surface area (TPSA) is 114 Å². The lowest BCUT2D eigenvalue weighted by molar-refractivity contribution is -0.117. The van der Waals surface area contributed by atoms with Crippen molar-refractivity contribution in [2.45, 2.75) is 37.4 Å². The van der Waals surface area contributed by atoms with Crippen LogP contribution in [0.2, 0.25) is 5.02 Å². The van der Waals surface area contributed by atoms with Crippen LogP contribution in [-0.2, 0) is 14.8 Å². The van der Waals surface area contributed by atoms with Crippen LogP contribution in [-0.4, -0.2) is 34.5 Å². The number of halogens is 1. The highest BCUT2D eigenvalue weighted by Gasteiger charge is 2.36. The summed E-state index contributed by atoms with van der Waals surface area (Å²) in [5.41, 5.74) is 2.89. The van der Waals surface area contributed by atoms with Crippen molar-refractivity contribution in [3.05, 3.63) is 65.7 Å². The fourth-order valence-corrected chi connectivity index (χ4v) is 4.73. The smallest absolute Gasteiger partial charge is 0.237 e. The first-order valence-electron chi connectivity index (χ1n) is 10.2. The predicted molar refractivity (Wildman–Crippen MR) is 124 cm³/mol. The van der Waals surface area contributed by atoms with E-state index in [-0.39, 0.29) is 17.1 Å². The Labute approximate surface area is 191 Å². The van der Waals surface area contributed by atoms with Crippen LogP contribution in [0.1, 0.15) is 37.8 Å². The van der Waals surface area contributed by atoms with Gasteiger partial charge in [0.1, 0.15) is 0 Å². The molecule has 0 spiro atoms. The second-order valence-electron chi connectivity index (χ2n) is 7.57. The summed E-state index contributed by atoms with van der Waals surface area (Å²) in [6.45, 7) is 1.87. The van der Waals surface area contributed by atoms with Gasteiger partial charge in [-0.3, -0.25) is 14.5 Å². The van der Waals surface area contributed by atoms with Crippen LogP contribution in [0.3, 0.4) is 0 Å². The molecular formula is C22H22ClN5O3S. The van der Waals surface area contributed by atoms with Gasteiger partial charge in [0.25, 0.3) is 0 Å². The van der Waals surface area contributed by atoms with Crippen LogP contribution in [0.25, 0.3) is 11.1 Å². The number of nitrogens with one attached hydrogen (secondary N) is 2. The van der Waals surface area contributed by atoms with Gasteiger partial charge in [-0.2, -0.15) is 0 Å². The summed E-state index contributed by atoms with van der Waals surface area (Å²) in [6.07, 6.45) is 6.51. The number of amides is 1. The summed E-state index contributed by atoms with van der Waals surface area (Å²) in [7, 11) is -3.48. The Morgan fingerprint density at radius 3 is 2.56 bits per heavy atom. The van der Waals surface area contributed by atoms with E-state index in [0.29, 0.717) is 35.7 Å². The monoisotopic (exact) mass is 471 g/mol. The maximum atomic E-state index is 12.9. The Morgan fingerprint density at radius 1 is 1.16 bits per heavy atom. The zero-order valence-corrected chi connectivity index (χ0v) is 18.9. The van der Waals surface area contributed by atoms with Crippen molar-refractivity contribution in [1.82, 2.24) is 15.0 Å². The number of sulfonamides is 1. The molecule has 0 saturated heterocycles. The fourth-order valence-electron chi connectivity index (χ4n) is 3.28. The molecule has 0 aliphatic heterocycles. The lowest BCUT2D eigenvalue weighted by Gasteiger charge is -2.16. The highest BCUT2D eigenvalue weighted by Crippen LogP contribution is 2.29. The van der Waals surface area contributed by atoms with Crippen molar-refractivity contribution in [2.75, 3.05) is 10.0 Å². The van der Waals surface area contributed by atoms with Gasteiger partial charge in [-0.05, 0) is 49.1 Å². The largest absolute Gasteiger partial charge is 0.326 e. The molecule has 1 aromatic carbocycles. The molecule has 0 bridgehead atoms. The molecule has 1 aliphatic rings. The average molecular weight is 472 g/mol. The van der Waals surface area contributed by atoms with Gasteiger partial charge in [-0.15, -0.1) is 0 Å². The molecule has 1 unspecified atom stereocenters. The normalized spacial score (nSPS) is 14.6. The standard InChI is InChI=1S/C22H22ClN5O3S/c1-2-19(20-9-10-25-22(27-20)28-32(30,31)18-7-8-18)21(29)26-17-5-3-14(4-6-17)15-11-16(23)13-24-12-15/h3-6,9-13,18-19H,2,7-8H2,1H3,(H,26,29)(H,25,27,28). The molecular weight excluding hydrogens is 450 g/mol. The van der Waals surface area contributed by atoms with E-state index in [4.69, 9.17) is 11.6 Å². The number of rotatable bonds is 8. The maximum absolute atomic E-state index is 12.9. The van der Waals surface area contributed by atoms with Crippen LogP contribution in [0.4, 0.5) is 11.6 Å². The highest BCUT2D eigenvalue weighted by atomic mass is 35.5. The maximum Gasteiger partial charge on any atom is 0.237 e. The van der Waals surface area contributed by atoms with Crippen LogP contribution in [0, 0.1) is 0 Å². The zero-order chi connectivity index (χ0) is 22.7. The third kappa shape index (κ3) is 5.23. The van der Waals surface area contributed by atoms with E-state index in [1.807, 2.05) is 25.1 Å². The van der Waals surface area contributed by atoms with Crippen molar-refractivity contribution in [3.63, 3.8) is 0 Å². The molecule has 4 rings (SSSR count). The molecule has 10 heteroatoms. The molecule has 1 saturated carbocycles. The van der Waals surface area contributed by atoms with Gasteiger partial charge < -0.3 is 5.32 Å². The molecule has 166 valence electrons. The Kier molecular flexibility index (Phi) is 6.38. The molecule has 3 aromatic rings. The number of carbonyl (C=O) groups is 1. The average Bonchev–Trinajstić information content (AvgIpc) is 3.61. The van der Waals surface area contributed by atoms with E-state index < -0.39 is 15.9 Å². The number of nitrogens with zero attached hydrogens (tertiary/aromatic N) is 3. The quantitative estimate of drug-likeness (QED) is 0.508. The minimum absolute atomic E-state index is 0.0138. The van der Waals surface area contributed by atoms with E-state index in [1.165, 1.54) is 6.20 Å². The number of benzene rings is 1. The van der Waals surface area contributed by atoms with Gasteiger partial charge in [0.2, 0.25) is 21.9 Å². The molecule has 1 amide bonds. The Bertz CT molecular complexity index is 1230. The summed E-state index contributed by atoms with van der Waals surface area (Å²) in [5.74, 6) is -0.807. The van der Waals surface area contributed by atoms with Gasteiger partial charge in [0.15, 0.2) is 0 Å².